The fourth-order valence-electron chi connectivity index (χ4n) is 1.07. The number of thiophene rings is 1. The maximum atomic E-state index is 10.8. The van der Waals surface area contributed by atoms with Crippen LogP contribution in [-0.4, -0.2) is 16.0 Å². The first-order valence-corrected chi connectivity index (χ1v) is 5.11. The van der Waals surface area contributed by atoms with Gasteiger partial charge < -0.3 is 5.11 Å². The molecule has 0 saturated carbocycles. The van der Waals surface area contributed by atoms with Crippen molar-refractivity contribution in [1.82, 2.24) is 0 Å². The van der Waals surface area contributed by atoms with Gasteiger partial charge in [0.2, 0.25) is 0 Å². The number of carboxylic acid groups (broad SMARTS) is 1. The number of nitro groups is 1. The lowest BCUT2D eigenvalue weighted by Gasteiger charge is -2.17. The van der Waals surface area contributed by atoms with Gasteiger partial charge in [-0.25, -0.2) is 0 Å². The number of carbonyl (C=O) groups is 1. The molecule has 1 N–H and O–H groups in total. The van der Waals surface area contributed by atoms with Crippen molar-refractivity contribution >= 4 is 22.3 Å². The Hall–Kier alpha value is -1.43. The third kappa shape index (κ3) is 2.76. The van der Waals surface area contributed by atoms with Crippen LogP contribution in [0, 0.1) is 15.5 Å². The Balaban J connectivity index is 2.82. The Morgan fingerprint density at radius 1 is 1.60 bits per heavy atom. The number of nitrogens with zero attached hydrogens (tertiary/aromatic N) is 1. The van der Waals surface area contributed by atoms with E-state index in [4.69, 9.17) is 5.11 Å². The molecular formula is C9H11NO4S. The summed E-state index contributed by atoms with van der Waals surface area (Å²) < 4.78 is 0. The first-order valence-electron chi connectivity index (χ1n) is 4.29. The smallest absolute Gasteiger partial charge is 0.324 e. The Labute approximate surface area is 90.5 Å². The summed E-state index contributed by atoms with van der Waals surface area (Å²) in [6.45, 7) is 3.20. The van der Waals surface area contributed by atoms with Crippen molar-refractivity contribution < 1.29 is 14.8 Å². The first-order chi connectivity index (χ1) is 6.83. The van der Waals surface area contributed by atoms with Gasteiger partial charge in [-0.05, 0) is 26.3 Å². The molecular weight excluding hydrogens is 218 g/mol. The topological polar surface area (TPSA) is 80.4 Å². The van der Waals surface area contributed by atoms with Gasteiger partial charge in [-0.3, -0.25) is 14.9 Å². The molecule has 5 nitrogen and oxygen atoms in total. The number of hydrogen-bond acceptors (Lipinski definition) is 4. The van der Waals surface area contributed by atoms with Crippen molar-refractivity contribution in [1.29, 1.82) is 0 Å². The summed E-state index contributed by atoms with van der Waals surface area (Å²) in [6.07, 6.45) is 0.306. The van der Waals surface area contributed by atoms with Crippen LogP contribution >= 0.6 is 11.3 Å². The van der Waals surface area contributed by atoms with Crippen LogP contribution in [0.15, 0.2) is 12.1 Å². The molecule has 0 saturated heterocycles. The van der Waals surface area contributed by atoms with Crippen LogP contribution in [0.5, 0.6) is 0 Å². The molecule has 0 fully saturated rings. The molecule has 0 radical (unpaired) electrons. The van der Waals surface area contributed by atoms with Gasteiger partial charge in [0, 0.05) is 10.9 Å². The van der Waals surface area contributed by atoms with Gasteiger partial charge in [-0.15, -0.1) is 0 Å². The molecule has 0 aliphatic heterocycles. The van der Waals surface area contributed by atoms with E-state index in [2.05, 4.69) is 0 Å². The van der Waals surface area contributed by atoms with Crippen LogP contribution in [0.2, 0.25) is 0 Å². The lowest BCUT2D eigenvalue weighted by molar-refractivity contribution is -0.380. The normalized spacial score (nSPS) is 11.3. The number of hydrogen-bond donors (Lipinski definition) is 1. The highest BCUT2D eigenvalue weighted by Gasteiger charge is 2.28. The molecule has 1 rings (SSSR count). The van der Waals surface area contributed by atoms with Crippen LogP contribution in [0.25, 0.3) is 0 Å². The summed E-state index contributed by atoms with van der Waals surface area (Å²) in [4.78, 5) is 21.5. The Morgan fingerprint density at radius 3 is 2.60 bits per heavy atom. The molecule has 6 heteroatoms. The summed E-state index contributed by atoms with van der Waals surface area (Å²) >= 11 is 1.02. The van der Waals surface area contributed by atoms with E-state index in [1.54, 1.807) is 19.9 Å². The van der Waals surface area contributed by atoms with E-state index < -0.39 is 16.3 Å². The minimum Gasteiger partial charge on any atom is -0.481 e. The van der Waals surface area contributed by atoms with Crippen LogP contribution in [0.3, 0.4) is 0 Å². The van der Waals surface area contributed by atoms with Crippen LogP contribution < -0.4 is 0 Å². The molecule has 0 aliphatic rings. The van der Waals surface area contributed by atoms with Crippen molar-refractivity contribution in [3.63, 3.8) is 0 Å². The second-order valence-corrected chi connectivity index (χ2v) is 5.01. The standard InChI is InChI=1S/C9H11NO4S/c1-9(2,8(11)12)5-6-3-4-7(15-6)10(13)14/h3-4H,5H2,1-2H3,(H,11,12). The van der Waals surface area contributed by atoms with Gasteiger partial charge in [-0.2, -0.15) is 0 Å². The molecule has 1 heterocycles. The zero-order chi connectivity index (χ0) is 11.6. The fourth-order valence-corrected chi connectivity index (χ4v) is 2.12. The van der Waals surface area contributed by atoms with E-state index in [1.807, 2.05) is 0 Å². The molecule has 0 spiro atoms. The minimum absolute atomic E-state index is 0.0474. The van der Waals surface area contributed by atoms with Crippen molar-refractivity contribution in [2.24, 2.45) is 5.41 Å². The lowest BCUT2D eigenvalue weighted by atomic mass is 9.89. The SMILES string of the molecule is CC(C)(Cc1ccc([N+](=O)[O-])s1)C(=O)O. The van der Waals surface area contributed by atoms with E-state index in [0.29, 0.717) is 11.3 Å². The van der Waals surface area contributed by atoms with E-state index in [-0.39, 0.29) is 5.00 Å². The average Bonchev–Trinajstić information content (AvgIpc) is 2.51. The summed E-state index contributed by atoms with van der Waals surface area (Å²) in [7, 11) is 0. The molecule has 0 aliphatic carbocycles. The highest BCUT2D eigenvalue weighted by atomic mass is 32.1. The Morgan fingerprint density at radius 2 is 2.20 bits per heavy atom. The van der Waals surface area contributed by atoms with Crippen molar-refractivity contribution in [3.8, 4) is 0 Å². The first kappa shape index (κ1) is 11.6. The molecule has 0 atom stereocenters. The molecule has 15 heavy (non-hydrogen) atoms. The van der Waals surface area contributed by atoms with Gasteiger partial charge in [0.25, 0.3) is 0 Å². The zero-order valence-electron chi connectivity index (χ0n) is 8.39. The van der Waals surface area contributed by atoms with E-state index in [0.717, 1.165) is 11.3 Å². The third-order valence-electron chi connectivity index (χ3n) is 2.02. The quantitative estimate of drug-likeness (QED) is 0.634. The fraction of sp³-hybridized carbons (Fsp3) is 0.444. The number of aliphatic carboxylic acids is 1. The molecule has 0 bridgehead atoms. The van der Waals surface area contributed by atoms with Crippen molar-refractivity contribution in [2.45, 2.75) is 20.3 Å². The van der Waals surface area contributed by atoms with Crippen LogP contribution in [0.4, 0.5) is 5.00 Å². The monoisotopic (exact) mass is 229 g/mol. The lowest BCUT2D eigenvalue weighted by Crippen LogP contribution is -2.25. The maximum Gasteiger partial charge on any atom is 0.324 e. The predicted molar refractivity (Wildman–Crippen MR) is 56.1 cm³/mol. The summed E-state index contributed by atoms with van der Waals surface area (Å²) in [6, 6.07) is 3.01. The second kappa shape index (κ2) is 3.98. The van der Waals surface area contributed by atoms with Crippen molar-refractivity contribution in [2.75, 3.05) is 0 Å². The molecule has 0 unspecified atom stereocenters. The number of carboxylic acids is 1. The van der Waals surface area contributed by atoms with Gasteiger partial charge >= 0.3 is 11.0 Å². The average molecular weight is 229 g/mol. The van der Waals surface area contributed by atoms with Crippen molar-refractivity contribution in [3.05, 3.63) is 27.1 Å². The summed E-state index contributed by atoms with van der Waals surface area (Å²) in [5.74, 6) is -0.904. The molecule has 1 aromatic heterocycles. The van der Waals surface area contributed by atoms with E-state index in [1.165, 1.54) is 6.07 Å². The highest BCUT2D eigenvalue weighted by Crippen LogP contribution is 2.30. The van der Waals surface area contributed by atoms with Gasteiger partial charge in [-0.1, -0.05) is 11.3 Å². The summed E-state index contributed by atoms with van der Waals surface area (Å²) in [5, 5.41) is 19.4. The molecule has 1 aromatic rings. The van der Waals surface area contributed by atoms with E-state index in [9.17, 15) is 14.9 Å². The van der Waals surface area contributed by atoms with Crippen LogP contribution in [-0.2, 0) is 11.2 Å². The third-order valence-corrected chi connectivity index (χ3v) is 3.06. The molecule has 0 aromatic carbocycles. The summed E-state index contributed by atoms with van der Waals surface area (Å²) in [5.41, 5.74) is -0.890. The predicted octanol–water partition coefficient (Wildman–Crippen LogP) is 2.31. The minimum atomic E-state index is -0.904. The number of rotatable bonds is 4. The Kier molecular flexibility index (Phi) is 3.09. The zero-order valence-corrected chi connectivity index (χ0v) is 9.21. The molecule has 0 amide bonds. The Bertz CT molecular complexity index is 397. The van der Waals surface area contributed by atoms with Gasteiger partial charge in [0.05, 0.1) is 10.3 Å². The largest absolute Gasteiger partial charge is 0.481 e. The maximum absolute atomic E-state index is 10.8. The molecule has 82 valence electrons. The van der Waals surface area contributed by atoms with Gasteiger partial charge in [0.1, 0.15) is 0 Å². The van der Waals surface area contributed by atoms with E-state index >= 15 is 0 Å². The highest BCUT2D eigenvalue weighted by molar-refractivity contribution is 7.15. The van der Waals surface area contributed by atoms with Gasteiger partial charge in [0.15, 0.2) is 0 Å². The second-order valence-electron chi connectivity index (χ2n) is 3.86. The van der Waals surface area contributed by atoms with Crippen LogP contribution in [0.1, 0.15) is 18.7 Å².